The summed E-state index contributed by atoms with van der Waals surface area (Å²) in [4.78, 5) is 11.8. The van der Waals surface area contributed by atoms with E-state index in [-0.39, 0.29) is 29.8 Å². The molecule has 1 aliphatic heterocycles. The molecule has 0 atom stereocenters. The van der Waals surface area contributed by atoms with E-state index in [0.29, 0.717) is 44.6 Å². The summed E-state index contributed by atoms with van der Waals surface area (Å²) in [7, 11) is -2.22. The van der Waals surface area contributed by atoms with Crippen LogP contribution in [0.1, 0.15) is 35.2 Å². The molecule has 26 heavy (non-hydrogen) atoms. The summed E-state index contributed by atoms with van der Waals surface area (Å²) < 4.78 is 37.3. The Kier molecular flexibility index (Phi) is 9.52. The molecule has 1 fully saturated rings. The number of carbonyl (C=O) groups excluding carboxylic acids is 1. The summed E-state index contributed by atoms with van der Waals surface area (Å²) in [6, 6.07) is 6.63. The number of rotatable bonds is 8. The Hall–Kier alpha value is -1.19. The number of methoxy groups -OCH3 is 1. The van der Waals surface area contributed by atoms with Crippen molar-refractivity contribution in [3.63, 3.8) is 0 Å². The van der Waals surface area contributed by atoms with Crippen LogP contribution in [0.15, 0.2) is 24.3 Å². The summed E-state index contributed by atoms with van der Waals surface area (Å²) in [6.45, 7) is 2.05. The van der Waals surface area contributed by atoms with Crippen LogP contribution in [0.5, 0.6) is 0 Å². The Balaban J connectivity index is 0.00000338. The summed E-state index contributed by atoms with van der Waals surface area (Å²) in [5, 5.41) is 0. The molecular formula is C17H27ClN2O5S. The van der Waals surface area contributed by atoms with Gasteiger partial charge in [0.1, 0.15) is 0 Å². The number of sulfonamides is 1. The fourth-order valence-corrected chi connectivity index (χ4v) is 4.45. The third kappa shape index (κ3) is 6.21. The Morgan fingerprint density at radius 1 is 1.27 bits per heavy atom. The zero-order chi connectivity index (χ0) is 18.3. The number of halogens is 1. The van der Waals surface area contributed by atoms with Crippen molar-refractivity contribution in [3.8, 4) is 0 Å². The predicted molar refractivity (Wildman–Crippen MR) is 102 cm³/mol. The van der Waals surface area contributed by atoms with Gasteiger partial charge < -0.3 is 15.2 Å². The van der Waals surface area contributed by atoms with Gasteiger partial charge in [-0.25, -0.2) is 17.5 Å². The van der Waals surface area contributed by atoms with Crippen LogP contribution in [-0.2, 0) is 25.2 Å². The summed E-state index contributed by atoms with van der Waals surface area (Å²) in [5.74, 6) is -0.741. The van der Waals surface area contributed by atoms with Crippen molar-refractivity contribution in [1.29, 1.82) is 0 Å². The molecular weight excluding hydrogens is 380 g/mol. The lowest BCUT2D eigenvalue weighted by Gasteiger charge is -2.31. The van der Waals surface area contributed by atoms with Gasteiger partial charge in [0.05, 0.1) is 24.5 Å². The number of benzene rings is 1. The lowest BCUT2D eigenvalue weighted by atomic mass is 10.1. The average molecular weight is 407 g/mol. The average Bonchev–Trinajstić information content (AvgIpc) is 2.62. The molecule has 1 aromatic carbocycles. The van der Waals surface area contributed by atoms with E-state index < -0.39 is 16.0 Å². The van der Waals surface area contributed by atoms with Crippen molar-refractivity contribution in [2.45, 2.75) is 31.1 Å². The zero-order valence-electron chi connectivity index (χ0n) is 14.9. The number of hydrogen-bond donors (Lipinski definition) is 1. The van der Waals surface area contributed by atoms with Crippen molar-refractivity contribution in [1.82, 2.24) is 4.31 Å². The van der Waals surface area contributed by atoms with Crippen molar-refractivity contribution < 1.29 is 22.7 Å². The van der Waals surface area contributed by atoms with E-state index in [4.69, 9.17) is 15.2 Å². The second-order valence-electron chi connectivity index (χ2n) is 6.02. The fourth-order valence-electron chi connectivity index (χ4n) is 2.85. The SMILES string of the molecule is COC(=O)c1ccccc1CS(=O)(=O)N1CCC(OCCCN)CC1.Cl. The molecule has 0 radical (unpaired) electrons. The molecule has 1 aromatic rings. The monoisotopic (exact) mass is 406 g/mol. The number of nitrogens with zero attached hydrogens (tertiary/aromatic N) is 1. The third-order valence-electron chi connectivity index (χ3n) is 4.26. The van der Waals surface area contributed by atoms with Gasteiger partial charge in [-0.3, -0.25) is 0 Å². The normalized spacial score (nSPS) is 16.1. The second-order valence-corrected chi connectivity index (χ2v) is 7.99. The first-order chi connectivity index (χ1) is 12.0. The van der Waals surface area contributed by atoms with Crippen LogP contribution in [-0.4, -0.2) is 58.1 Å². The number of esters is 1. The van der Waals surface area contributed by atoms with E-state index in [2.05, 4.69) is 0 Å². The van der Waals surface area contributed by atoms with Gasteiger partial charge in [-0.05, 0) is 37.4 Å². The highest BCUT2D eigenvalue weighted by Gasteiger charge is 2.29. The Morgan fingerprint density at radius 2 is 1.92 bits per heavy atom. The number of carbonyl (C=O) groups is 1. The maximum absolute atomic E-state index is 12.7. The fraction of sp³-hybridized carbons (Fsp3) is 0.588. The minimum absolute atomic E-state index is 0. The van der Waals surface area contributed by atoms with Gasteiger partial charge in [0, 0.05) is 19.7 Å². The lowest BCUT2D eigenvalue weighted by molar-refractivity contribution is 0.0208. The molecule has 0 amide bonds. The number of nitrogens with two attached hydrogens (primary N) is 1. The van der Waals surface area contributed by atoms with Crippen LogP contribution in [0, 0.1) is 0 Å². The molecule has 9 heteroatoms. The van der Waals surface area contributed by atoms with Gasteiger partial charge in [0.2, 0.25) is 10.0 Å². The quantitative estimate of drug-likeness (QED) is 0.519. The van der Waals surface area contributed by atoms with E-state index >= 15 is 0 Å². The summed E-state index contributed by atoms with van der Waals surface area (Å²) >= 11 is 0. The van der Waals surface area contributed by atoms with Gasteiger partial charge in [0.25, 0.3) is 0 Å². The maximum Gasteiger partial charge on any atom is 0.338 e. The van der Waals surface area contributed by atoms with E-state index in [0.717, 1.165) is 6.42 Å². The first-order valence-corrected chi connectivity index (χ1v) is 10.0. The van der Waals surface area contributed by atoms with Crippen LogP contribution in [0.2, 0.25) is 0 Å². The molecule has 0 aliphatic carbocycles. The lowest BCUT2D eigenvalue weighted by Crippen LogP contribution is -2.41. The van der Waals surface area contributed by atoms with Gasteiger partial charge in [0.15, 0.2) is 0 Å². The molecule has 2 rings (SSSR count). The van der Waals surface area contributed by atoms with Gasteiger partial charge in [-0.2, -0.15) is 0 Å². The Bertz CT molecular complexity index is 675. The highest BCUT2D eigenvalue weighted by atomic mass is 35.5. The minimum Gasteiger partial charge on any atom is -0.465 e. The van der Waals surface area contributed by atoms with Crippen LogP contribution < -0.4 is 5.73 Å². The second kappa shape index (κ2) is 10.8. The van der Waals surface area contributed by atoms with E-state index in [1.807, 2.05) is 0 Å². The standard InChI is InChI=1S/C17H26N2O5S.ClH/c1-23-17(20)16-6-3-2-5-14(16)13-25(21,22)19-10-7-15(8-11-19)24-12-4-9-18;/h2-3,5-6,15H,4,7-13,18H2,1H3;1H. The van der Waals surface area contributed by atoms with Crippen molar-refractivity contribution in [2.75, 3.05) is 33.4 Å². The first-order valence-electron chi connectivity index (χ1n) is 8.43. The molecule has 2 N–H and O–H groups in total. The molecule has 0 saturated carbocycles. The summed E-state index contributed by atoms with van der Waals surface area (Å²) in [5.41, 5.74) is 6.18. The van der Waals surface area contributed by atoms with Crippen LogP contribution >= 0.6 is 12.4 Å². The molecule has 0 aromatic heterocycles. The molecule has 0 spiro atoms. The molecule has 1 aliphatic rings. The Labute approximate surface area is 161 Å². The number of piperidine rings is 1. The zero-order valence-corrected chi connectivity index (χ0v) is 16.6. The van der Waals surface area contributed by atoms with Gasteiger partial charge in [-0.15, -0.1) is 12.4 Å². The van der Waals surface area contributed by atoms with E-state index in [9.17, 15) is 13.2 Å². The smallest absolute Gasteiger partial charge is 0.338 e. The molecule has 1 saturated heterocycles. The molecule has 0 bridgehead atoms. The van der Waals surface area contributed by atoms with Crippen LogP contribution in [0.4, 0.5) is 0 Å². The largest absolute Gasteiger partial charge is 0.465 e. The number of ether oxygens (including phenoxy) is 2. The minimum atomic E-state index is -3.50. The third-order valence-corrected chi connectivity index (χ3v) is 6.08. The highest BCUT2D eigenvalue weighted by molar-refractivity contribution is 7.88. The topological polar surface area (TPSA) is 98.9 Å². The number of hydrogen-bond acceptors (Lipinski definition) is 6. The predicted octanol–water partition coefficient (Wildman–Crippen LogP) is 1.55. The molecule has 7 nitrogen and oxygen atoms in total. The van der Waals surface area contributed by atoms with Gasteiger partial charge in [-0.1, -0.05) is 18.2 Å². The van der Waals surface area contributed by atoms with E-state index in [1.54, 1.807) is 24.3 Å². The van der Waals surface area contributed by atoms with Crippen molar-refractivity contribution >= 4 is 28.4 Å². The van der Waals surface area contributed by atoms with Crippen molar-refractivity contribution in [3.05, 3.63) is 35.4 Å². The van der Waals surface area contributed by atoms with Crippen LogP contribution in [0.25, 0.3) is 0 Å². The molecule has 1 heterocycles. The van der Waals surface area contributed by atoms with E-state index in [1.165, 1.54) is 11.4 Å². The highest BCUT2D eigenvalue weighted by Crippen LogP contribution is 2.21. The molecule has 0 unspecified atom stereocenters. The van der Waals surface area contributed by atoms with Crippen molar-refractivity contribution in [2.24, 2.45) is 5.73 Å². The summed E-state index contributed by atoms with van der Waals surface area (Å²) in [6.07, 6.45) is 2.23. The molecule has 148 valence electrons. The Morgan fingerprint density at radius 3 is 2.54 bits per heavy atom. The maximum atomic E-state index is 12.7. The first kappa shape index (κ1) is 22.9. The van der Waals surface area contributed by atoms with Crippen LogP contribution in [0.3, 0.4) is 0 Å². The van der Waals surface area contributed by atoms with Gasteiger partial charge >= 0.3 is 5.97 Å².